The maximum Gasteiger partial charge on any atom is 0.221 e. The van der Waals surface area contributed by atoms with Gasteiger partial charge in [-0.15, -0.1) is 0 Å². The van der Waals surface area contributed by atoms with Gasteiger partial charge in [0, 0.05) is 13.5 Å². The third kappa shape index (κ3) is 4.39. The van der Waals surface area contributed by atoms with Crippen LogP contribution in [-0.2, 0) is 4.74 Å². The molecule has 0 saturated carbocycles. The molecule has 1 atom stereocenters. The summed E-state index contributed by atoms with van der Waals surface area (Å²) in [5.74, 6) is -1.15. The summed E-state index contributed by atoms with van der Waals surface area (Å²) in [6.45, 7) is 6.55. The molecule has 0 aliphatic carbocycles. The lowest BCUT2D eigenvalue weighted by Gasteiger charge is -2.22. The first-order valence-electron chi connectivity index (χ1n) is 3.23. The van der Waals surface area contributed by atoms with Crippen LogP contribution in [0.25, 0.3) is 0 Å². The van der Waals surface area contributed by atoms with E-state index in [1.54, 1.807) is 6.92 Å². The van der Waals surface area contributed by atoms with Crippen LogP contribution in [0.3, 0.4) is 0 Å². The molecule has 56 valence electrons. The Hall–Kier alpha value is -0.120. The summed E-state index contributed by atoms with van der Waals surface area (Å²) in [7, 11) is 0. The lowest BCUT2D eigenvalue weighted by atomic mass is 10.5. The average Bonchev–Trinajstić information content (AvgIpc) is 1.64. The van der Waals surface area contributed by atoms with Gasteiger partial charge in [-0.2, -0.15) is 0 Å². The molecule has 0 heterocycles. The van der Waals surface area contributed by atoms with Crippen LogP contribution < -0.4 is 5.32 Å². The maximum atomic E-state index is 9.18. The topological polar surface area (TPSA) is 41.5 Å². The summed E-state index contributed by atoms with van der Waals surface area (Å²) in [6, 6.07) is 0. The fraction of sp³-hybridized carbons (Fsp3) is 1.00. The van der Waals surface area contributed by atoms with E-state index in [1.165, 1.54) is 0 Å². The molecule has 9 heavy (non-hydrogen) atoms. The first kappa shape index (κ1) is 8.88. The third-order valence-electron chi connectivity index (χ3n) is 0.930. The van der Waals surface area contributed by atoms with Crippen LogP contribution in [-0.4, -0.2) is 24.2 Å². The van der Waals surface area contributed by atoms with Crippen molar-refractivity contribution in [3.05, 3.63) is 0 Å². The lowest BCUT2D eigenvalue weighted by molar-refractivity contribution is -0.207. The number of aliphatic hydroxyl groups is 1. The van der Waals surface area contributed by atoms with Gasteiger partial charge in [0.25, 0.3) is 0 Å². The molecular weight excluding hydrogens is 118 g/mol. The van der Waals surface area contributed by atoms with Gasteiger partial charge in [-0.05, 0) is 13.5 Å². The Bertz CT molecular complexity index is 65.5. The second kappa shape index (κ2) is 3.82. The van der Waals surface area contributed by atoms with Gasteiger partial charge in [0.1, 0.15) is 0 Å². The van der Waals surface area contributed by atoms with Crippen LogP contribution in [0, 0.1) is 0 Å². The molecule has 3 nitrogen and oxygen atoms in total. The Morgan fingerprint density at radius 2 is 2.11 bits per heavy atom. The van der Waals surface area contributed by atoms with Crippen molar-refractivity contribution < 1.29 is 9.84 Å². The van der Waals surface area contributed by atoms with E-state index in [0.717, 1.165) is 0 Å². The van der Waals surface area contributed by atoms with E-state index < -0.39 is 5.91 Å². The Labute approximate surface area is 56.0 Å². The summed E-state index contributed by atoms with van der Waals surface area (Å²) in [6.07, 6.45) is 0. The maximum absolute atomic E-state index is 9.18. The number of nitrogens with one attached hydrogen (secondary N) is 1. The molecule has 0 aromatic carbocycles. The summed E-state index contributed by atoms with van der Waals surface area (Å²) in [4.78, 5) is 0. The second-order valence-corrected chi connectivity index (χ2v) is 1.95. The smallest absolute Gasteiger partial charge is 0.221 e. The van der Waals surface area contributed by atoms with Gasteiger partial charge in [-0.3, -0.25) is 5.32 Å². The molecule has 0 aliphatic rings. The van der Waals surface area contributed by atoms with Gasteiger partial charge in [-0.25, -0.2) is 0 Å². The van der Waals surface area contributed by atoms with Gasteiger partial charge in [0.2, 0.25) is 5.91 Å². The van der Waals surface area contributed by atoms with Crippen molar-refractivity contribution >= 4 is 0 Å². The van der Waals surface area contributed by atoms with Gasteiger partial charge < -0.3 is 9.84 Å². The number of hydrogen-bond donors (Lipinski definition) is 2. The number of rotatable bonds is 4. The van der Waals surface area contributed by atoms with E-state index in [0.29, 0.717) is 13.2 Å². The molecule has 3 heteroatoms. The number of hydrogen-bond acceptors (Lipinski definition) is 3. The molecule has 0 aromatic heterocycles. The Morgan fingerprint density at radius 1 is 1.56 bits per heavy atom. The Kier molecular flexibility index (Phi) is 3.77. The van der Waals surface area contributed by atoms with Crippen molar-refractivity contribution in [2.24, 2.45) is 0 Å². The highest BCUT2D eigenvalue weighted by Gasteiger charge is 2.16. The number of ether oxygens (including phenoxy) is 1. The molecular formula is C6H15NO2. The van der Waals surface area contributed by atoms with Crippen LogP contribution >= 0.6 is 0 Å². The minimum Gasteiger partial charge on any atom is -0.354 e. The molecule has 0 fully saturated rings. The second-order valence-electron chi connectivity index (χ2n) is 1.95. The van der Waals surface area contributed by atoms with E-state index in [9.17, 15) is 5.11 Å². The molecule has 0 amide bonds. The first-order chi connectivity index (χ1) is 4.12. The van der Waals surface area contributed by atoms with Crippen LogP contribution in [0.2, 0.25) is 0 Å². The molecule has 1 unspecified atom stereocenters. The predicted octanol–water partition coefficient (Wildman–Crippen LogP) is 0.298. The van der Waals surface area contributed by atoms with E-state index in [1.807, 2.05) is 13.8 Å². The van der Waals surface area contributed by atoms with Crippen molar-refractivity contribution in [2.75, 3.05) is 13.2 Å². The fourth-order valence-corrected chi connectivity index (χ4v) is 0.660. The molecule has 0 aromatic rings. The minimum absolute atomic E-state index is 0.514. The summed E-state index contributed by atoms with van der Waals surface area (Å²) >= 11 is 0. The van der Waals surface area contributed by atoms with Gasteiger partial charge in [-0.1, -0.05) is 6.92 Å². The summed E-state index contributed by atoms with van der Waals surface area (Å²) in [5.41, 5.74) is 0. The monoisotopic (exact) mass is 133 g/mol. The van der Waals surface area contributed by atoms with Crippen molar-refractivity contribution in [3.63, 3.8) is 0 Å². The highest BCUT2D eigenvalue weighted by molar-refractivity contribution is 4.52. The fourth-order valence-electron chi connectivity index (χ4n) is 0.660. The Balaban J connectivity index is 3.43. The van der Waals surface area contributed by atoms with Crippen LogP contribution in [0.5, 0.6) is 0 Å². The Morgan fingerprint density at radius 3 is 2.44 bits per heavy atom. The molecule has 0 rings (SSSR count). The molecule has 0 aliphatic heterocycles. The highest BCUT2D eigenvalue weighted by Crippen LogP contribution is 1.97. The largest absolute Gasteiger partial charge is 0.354 e. The van der Waals surface area contributed by atoms with E-state index in [4.69, 9.17) is 4.74 Å². The zero-order valence-corrected chi connectivity index (χ0v) is 6.27. The van der Waals surface area contributed by atoms with E-state index >= 15 is 0 Å². The van der Waals surface area contributed by atoms with Crippen molar-refractivity contribution in [1.82, 2.24) is 5.32 Å². The van der Waals surface area contributed by atoms with Crippen molar-refractivity contribution in [1.29, 1.82) is 0 Å². The minimum atomic E-state index is -1.15. The molecule has 0 bridgehead atoms. The highest BCUT2D eigenvalue weighted by atomic mass is 16.6. The van der Waals surface area contributed by atoms with E-state index in [-0.39, 0.29) is 0 Å². The predicted molar refractivity (Wildman–Crippen MR) is 35.9 cm³/mol. The van der Waals surface area contributed by atoms with Crippen molar-refractivity contribution in [3.8, 4) is 0 Å². The first-order valence-corrected chi connectivity index (χ1v) is 3.23. The molecule has 0 saturated heterocycles. The standard InChI is InChI=1S/C6H15NO2/c1-4-7-6(3,8)9-5-2/h7-8H,4-5H2,1-3H3. The SMILES string of the molecule is CCNC(C)(O)OCC. The summed E-state index contributed by atoms with van der Waals surface area (Å²) < 4.78 is 4.91. The average molecular weight is 133 g/mol. The molecule has 0 radical (unpaired) electrons. The zero-order chi connectivity index (χ0) is 7.33. The van der Waals surface area contributed by atoms with E-state index in [2.05, 4.69) is 5.32 Å². The van der Waals surface area contributed by atoms with Gasteiger partial charge in [0.15, 0.2) is 0 Å². The van der Waals surface area contributed by atoms with Crippen LogP contribution in [0.15, 0.2) is 0 Å². The van der Waals surface area contributed by atoms with Crippen molar-refractivity contribution in [2.45, 2.75) is 26.7 Å². The van der Waals surface area contributed by atoms with Crippen LogP contribution in [0.4, 0.5) is 0 Å². The summed E-state index contributed by atoms with van der Waals surface area (Å²) in [5, 5.41) is 11.9. The zero-order valence-electron chi connectivity index (χ0n) is 6.27. The van der Waals surface area contributed by atoms with Gasteiger partial charge in [0.05, 0.1) is 0 Å². The third-order valence-corrected chi connectivity index (χ3v) is 0.930. The molecule has 2 N–H and O–H groups in total. The van der Waals surface area contributed by atoms with Gasteiger partial charge >= 0.3 is 0 Å². The van der Waals surface area contributed by atoms with Crippen LogP contribution in [0.1, 0.15) is 20.8 Å². The lowest BCUT2D eigenvalue weighted by Crippen LogP contribution is -2.44. The quantitative estimate of drug-likeness (QED) is 0.542. The normalized spacial score (nSPS) is 17.3. The molecule has 0 spiro atoms.